The van der Waals surface area contributed by atoms with Crippen LogP contribution in [0.3, 0.4) is 0 Å². The molecule has 2 aliphatic rings. The minimum absolute atomic E-state index is 0.0301. The van der Waals surface area contributed by atoms with Gasteiger partial charge in [-0.2, -0.15) is 0 Å². The van der Waals surface area contributed by atoms with Crippen LogP contribution < -0.4 is 4.90 Å². The molecule has 1 aromatic heterocycles. The molecule has 1 saturated carbocycles. The Morgan fingerprint density at radius 3 is 2.50 bits per heavy atom. The van der Waals surface area contributed by atoms with E-state index in [1.807, 2.05) is 67.3 Å². The van der Waals surface area contributed by atoms with Gasteiger partial charge in [-0.05, 0) is 18.4 Å². The Hall–Kier alpha value is -2.96. The van der Waals surface area contributed by atoms with E-state index in [2.05, 4.69) is 4.98 Å². The maximum atomic E-state index is 12.8. The van der Waals surface area contributed by atoms with Crippen LogP contribution >= 0.6 is 0 Å². The van der Waals surface area contributed by atoms with Gasteiger partial charge in [0.25, 0.3) is 0 Å². The van der Waals surface area contributed by atoms with Crippen LogP contribution in [0.4, 0.5) is 5.82 Å². The van der Waals surface area contributed by atoms with E-state index in [-0.39, 0.29) is 23.7 Å². The van der Waals surface area contributed by atoms with Crippen molar-refractivity contribution in [2.45, 2.75) is 51.1 Å². The number of nitrogens with zero attached hydrogens (tertiary/aromatic N) is 5. The molecular weight excluding hydrogens is 402 g/mol. The van der Waals surface area contributed by atoms with Crippen molar-refractivity contribution in [3.8, 4) is 0 Å². The maximum Gasteiger partial charge on any atom is 0.225 e. The summed E-state index contributed by atoms with van der Waals surface area (Å²) >= 11 is 0. The molecule has 170 valence electrons. The zero-order valence-electron chi connectivity index (χ0n) is 19.3. The molecule has 2 heterocycles. The molecule has 32 heavy (non-hydrogen) atoms. The zero-order valence-corrected chi connectivity index (χ0v) is 19.3. The van der Waals surface area contributed by atoms with Crippen molar-refractivity contribution in [1.29, 1.82) is 0 Å². The molecule has 0 spiro atoms. The van der Waals surface area contributed by atoms with Crippen LogP contribution in [-0.2, 0) is 22.7 Å². The highest BCUT2D eigenvalue weighted by Gasteiger charge is 2.32. The average molecular weight is 436 g/mol. The lowest BCUT2D eigenvalue weighted by Gasteiger charge is -2.22. The van der Waals surface area contributed by atoms with Crippen LogP contribution in [0.25, 0.3) is 0 Å². The lowest BCUT2D eigenvalue weighted by molar-refractivity contribution is -0.134. The molecule has 2 fully saturated rings. The summed E-state index contributed by atoms with van der Waals surface area (Å²) in [5.41, 5.74) is 2.01. The molecule has 7 heteroatoms. The Morgan fingerprint density at radius 1 is 1.09 bits per heavy atom. The molecule has 4 rings (SSSR count). The topological polar surface area (TPSA) is 69.6 Å². The second kappa shape index (κ2) is 9.67. The van der Waals surface area contributed by atoms with Crippen molar-refractivity contribution in [3.05, 3.63) is 53.5 Å². The van der Waals surface area contributed by atoms with Crippen molar-refractivity contribution >= 4 is 17.6 Å². The van der Waals surface area contributed by atoms with E-state index in [1.165, 1.54) is 0 Å². The standard InChI is InChI=1S/C25H33N5O2/c1-28(2)23-14-21(20-13-24(31)30(16-20)15-18-9-5-4-6-10-18)26-22(27-23)17-29(3)25(32)19-11-7-8-12-19/h4-6,9-10,14,19-20H,7-8,11-13,15-17H2,1-3H3. The van der Waals surface area contributed by atoms with Gasteiger partial charge in [-0.1, -0.05) is 43.2 Å². The van der Waals surface area contributed by atoms with Crippen LogP contribution in [-0.4, -0.2) is 59.3 Å². The Morgan fingerprint density at radius 2 is 1.81 bits per heavy atom. The minimum Gasteiger partial charge on any atom is -0.363 e. The van der Waals surface area contributed by atoms with Crippen LogP contribution in [0.1, 0.15) is 55.1 Å². The molecule has 2 aromatic rings. The van der Waals surface area contributed by atoms with Crippen LogP contribution in [0.2, 0.25) is 0 Å². The third-order valence-corrected chi connectivity index (χ3v) is 6.55. The molecule has 1 unspecified atom stereocenters. The van der Waals surface area contributed by atoms with Crippen LogP contribution in [0, 0.1) is 5.92 Å². The van der Waals surface area contributed by atoms with Crippen molar-refractivity contribution < 1.29 is 9.59 Å². The maximum absolute atomic E-state index is 12.8. The van der Waals surface area contributed by atoms with Gasteiger partial charge in [0, 0.05) is 58.6 Å². The van der Waals surface area contributed by atoms with E-state index >= 15 is 0 Å². The van der Waals surface area contributed by atoms with Gasteiger partial charge in [0.05, 0.1) is 12.2 Å². The lowest BCUT2D eigenvalue weighted by atomic mass is 10.0. The van der Waals surface area contributed by atoms with Gasteiger partial charge in [0.2, 0.25) is 11.8 Å². The second-order valence-corrected chi connectivity index (χ2v) is 9.30. The molecule has 0 bridgehead atoms. The molecule has 2 amide bonds. The van der Waals surface area contributed by atoms with Crippen LogP contribution in [0.15, 0.2) is 36.4 Å². The fraction of sp³-hybridized carbons (Fsp3) is 0.520. The summed E-state index contributed by atoms with van der Waals surface area (Å²) in [6.45, 7) is 1.65. The van der Waals surface area contributed by atoms with Gasteiger partial charge >= 0.3 is 0 Å². The molecule has 1 aliphatic heterocycles. The van der Waals surface area contributed by atoms with E-state index in [0.717, 1.165) is 42.8 Å². The lowest BCUT2D eigenvalue weighted by Crippen LogP contribution is -2.32. The first kappa shape index (κ1) is 22.2. The van der Waals surface area contributed by atoms with Gasteiger partial charge in [-0.3, -0.25) is 9.59 Å². The number of amides is 2. The smallest absolute Gasteiger partial charge is 0.225 e. The highest BCUT2D eigenvalue weighted by molar-refractivity contribution is 5.80. The molecule has 1 aliphatic carbocycles. The zero-order chi connectivity index (χ0) is 22.7. The third kappa shape index (κ3) is 5.09. The molecule has 0 N–H and O–H groups in total. The highest BCUT2D eigenvalue weighted by Crippen LogP contribution is 2.30. The predicted octanol–water partition coefficient (Wildman–Crippen LogP) is 3.21. The highest BCUT2D eigenvalue weighted by atomic mass is 16.2. The quantitative estimate of drug-likeness (QED) is 0.668. The number of carbonyl (C=O) groups excluding carboxylic acids is 2. The molecule has 1 saturated heterocycles. The first-order valence-corrected chi connectivity index (χ1v) is 11.5. The predicted molar refractivity (Wildman–Crippen MR) is 124 cm³/mol. The van der Waals surface area contributed by atoms with E-state index in [0.29, 0.717) is 31.9 Å². The molecule has 7 nitrogen and oxygen atoms in total. The van der Waals surface area contributed by atoms with E-state index in [9.17, 15) is 9.59 Å². The number of likely N-dealkylation sites (tertiary alicyclic amines) is 1. The van der Waals surface area contributed by atoms with Crippen molar-refractivity contribution in [2.75, 3.05) is 32.6 Å². The van der Waals surface area contributed by atoms with Crippen molar-refractivity contribution in [3.63, 3.8) is 0 Å². The molecular formula is C25H33N5O2. The van der Waals surface area contributed by atoms with E-state index < -0.39 is 0 Å². The van der Waals surface area contributed by atoms with Crippen molar-refractivity contribution in [2.24, 2.45) is 5.92 Å². The SMILES string of the molecule is CN(Cc1nc(C2CC(=O)N(Cc3ccccc3)C2)cc(N(C)C)n1)C(=O)C1CCCC1. The summed E-state index contributed by atoms with van der Waals surface area (Å²) in [6, 6.07) is 12.0. The third-order valence-electron chi connectivity index (χ3n) is 6.55. The fourth-order valence-corrected chi connectivity index (χ4v) is 4.71. The number of benzene rings is 1. The summed E-state index contributed by atoms with van der Waals surface area (Å²) in [6.07, 6.45) is 4.68. The monoisotopic (exact) mass is 435 g/mol. The van der Waals surface area contributed by atoms with Gasteiger partial charge in [-0.25, -0.2) is 9.97 Å². The summed E-state index contributed by atoms with van der Waals surface area (Å²) < 4.78 is 0. The number of aromatic nitrogens is 2. The number of anilines is 1. The van der Waals surface area contributed by atoms with Gasteiger partial charge in [-0.15, -0.1) is 0 Å². The first-order valence-electron chi connectivity index (χ1n) is 11.5. The number of carbonyl (C=O) groups is 2. The average Bonchev–Trinajstić information content (AvgIpc) is 3.44. The molecule has 1 aromatic carbocycles. The first-order chi connectivity index (χ1) is 15.4. The van der Waals surface area contributed by atoms with E-state index in [1.54, 1.807) is 4.90 Å². The fourth-order valence-electron chi connectivity index (χ4n) is 4.71. The second-order valence-electron chi connectivity index (χ2n) is 9.30. The summed E-state index contributed by atoms with van der Waals surface area (Å²) in [7, 11) is 5.74. The number of hydrogen-bond donors (Lipinski definition) is 0. The van der Waals surface area contributed by atoms with Gasteiger partial charge < -0.3 is 14.7 Å². The Labute approximate surface area is 190 Å². The minimum atomic E-state index is 0.0301. The Kier molecular flexibility index (Phi) is 6.72. The summed E-state index contributed by atoms with van der Waals surface area (Å²) in [5.74, 6) is 1.94. The number of hydrogen-bond acceptors (Lipinski definition) is 5. The summed E-state index contributed by atoms with van der Waals surface area (Å²) in [5, 5.41) is 0. The van der Waals surface area contributed by atoms with Crippen molar-refractivity contribution in [1.82, 2.24) is 19.8 Å². The van der Waals surface area contributed by atoms with Gasteiger partial charge in [0.15, 0.2) is 0 Å². The summed E-state index contributed by atoms with van der Waals surface area (Å²) in [4.78, 5) is 40.6. The van der Waals surface area contributed by atoms with Gasteiger partial charge in [0.1, 0.15) is 11.6 Å². The Balaban J connectivity index is 1.50. The van der Waals surface area contributed by atoms with E-state index in [4.69, 9.17) is 4.98 Å². The number of rotatable bonds is 7. The Bertz CT molecular complexity index is 956. The van der Waals surface area contributed by atoms with Crippen LogP contribution in [0.5, 0.6) is 0 Å². The normalized spacial score (nSPS) is 18.9. The molecule has 0 radical (unpaired) electrons. The molecule has 1 atom stereocenters. The largest absolute Gasteiger partial charge is 0.363 e.